The summed E-state index contributed by atoms with van der Waals surface area (Å²) in [6, 6.07) is 5.74. The molecule has 146 valence electrons. The van der Waals surface area contributed by atoms with Crippen LogP contribution in [-0.2, 0) is 16.0 Å². The molecule has 2 heterocycles. The molecule has 2 amide bonds. The molecule has 1 atom stereocenters. The zero-order chi connectivity index (χ0) is 17.3. The maximum absolute atomic E-state index is 13.0. The molecule has 0 radical (unpaired) electrons. The van der Waals surface area contributed by atoms with Crippen molar-refractivity contribution in [1.82, 2.24) is 9.80 Å². The second kappa shape index (κ2) is 9.44. The molecular formula is C18H28Cl2N4O2. The van der Waals surface area contributed by atoms with Gasteiger partial charge in [0.15, 0.2) is 0 Å². The highest BCUT2D eigenvalue weighted by Crippen LogP contribution is 2.33. The highest BCUT2D eigenvalue weighted by molar-refractivity contribution is 6.00. The van der Waals surface area contributed by atoms with E-state index in [1.807, 2.05) is 47.0 Å². The van der Waals surface area contributed by atoms with Crippen molar-refractivity contribution in [2.75, 3.05) is 50.9 Å². The molecule has 6 nitrogen and oxygen atoms in total. The molecule has 8 heteroatoms. The number of carbonyl (C=O) groups excluding carboxylic acids is 2. The molecule has 1 aromatic rings. The van der Waals surface area contributed by atoms with Crippen molar-refractivity contribution < 1.29 is 9.59 Å². The van der Waals surface area contributed by atoms with Crippen LogP contribution in [0.25, 0.3) is 0 Å². The van der Waals surface area contributed by atoms with Crippen molar-refractivity contribution in [1.29, 1.82) is 0 Å². The molecule has 2 aliphatic rings. The lowest BCUT2D eigenvalue weighted by Crippen LogP contribution is -2.41. The topological polar surface area (TPSA) is 69.9 Å². The number of anilines is 2. The molecule has 3 rings (SSSR count). The van der Waals surface area contributed by atoms with E-state index in [0.29, 0.717) is 26.1 Å². The first-order valence-electron chi connectivity index (χ1n) is 8.58. The van der Waals surface area contributed by atoms with Gasteiger partial charge in [-0.2, -0.15) is 0 Å². The average molecular weight is 403 g/mol. The fourth-order valence-electron chi connectivity index (χ4n) is 3.58. The van der Waals surface area contributed by atoms with Crippen LogP contribution in [0.1, 0.15) is 18.4 Å². The molecule has 0 aliphatic carbocycles. The van der Waals surface area contributed by atoms with E-state index in [0.717, 1.165) is 36.3 Å². The van der Waals surface area contributed by atoms with Gasteiger partial charge < -0.3 is 20.4 Å². The normalized spacial score (nSPS) is 19.0. The van der Waals surface area contributed by atoms with Crippen molar-refractivity contribution in [2.45, 2.75) is 19.3 Å². The minimum atomic E-state index is -0.243. The van der Waals surface area contributed by atoms with Crippen molar-refractivity contribution >= 4 is 48.0 Å². The zero-order valence-corrected chi connectivity index (χ0v) is 16.9. The van der Waals surface area contributed by atoms with E-state index in [2.05, 4.69) is 0 Å². The number of fused-ring (bicyclic) bond motifs is 1. The summed E-state index contributed by atoms with van der Waals surface area (Å²) in [5, 5.41) is 0. The van der Waals surface area contributed by atoms with Gasteiger partial charge in [-0.05, 0) is 44.6 Å². The van der Waals surface area contributed by atoms with E-state index in [9.17, 15) is 9.59 Å². The van der Waals surface area contributed by atoms with Gasteiger partial charge in [0.1, 0.15) is 0 Å². The second-order valence-corrected chi connectivity index (χ2v) is 6.98. The van der Waals surface area contributed by atoms with Crippen molar-refractivity contribution in [3.05, 3.63) is 23.8 Å². The molecule has 0 spiro atoms. The van der Waals surface area contributed by atoms with E-state index in [1.54, 1.807) is 0 Å². The molecule has 1 fully saturated rings. The number of rotatable bonds is 4. The summed E-state index contributed by atoms with van der Waals surface area (Å²) >= 11 is 0. The summed E-state index contributed by atoms with van der Waals surface area (Å²) in [5.41, 5.74) is 8.80. The maximum Gasteiger partial charge on any atom is 0.232 e. The Morgan fingerprint density at radius 3 is 2.73 bits per heavy atom. The van der Waals surface area contributed by atoms with Crippen molar-refractivity contribution in [3.8, 4) is 0 Å². The highest BCUT2D eigenvalue weighted by Gasteiger charge is 2.37. The van der Waals surface area contributed by atoms with E-state index in [4.69, 9.17) is 5.73 Å². The van der Waals surface area contributed by atoms with Gasteiger partial charge in [-0.3, -0.25) is 9.59 Å². The maximum atomic E-state index is 13.0. The lowest BCUT2D eigenvalue weighted by molar-refractivity contribution is -0.128. The lowest BCUT2D eigenvalue weighted by Gasteiger charge is -2.32. The number of likely N-dealkylation sites (N-methyl/N-ethyl adjacent to an activating group) is 1. The third kappa shape index (κ3) is 4.61. The first-order valence-corrected chi connectivity index (χ1v) is 8.58. The SMILES string of the molecule is CN(C)CCN1CC(C(=O)N2CCCc3c(N)cccc32)CC1=O.Cl.Cl. The molecule has 1 unspecified atom stereocenters. The third-order valence-corrected chi connectivity index (χ3v) is 4.93. The zero-order valence-electron chi connectivity index (χ0n) is 15.3. The van der Waals surface area contributed by atoms with Crippen LogP contribution in [0.5, 0.6) is 0 Å². The summed E-state index contributed by atoms with van der Waals surface area (Å²) in [4.78, 5) is 30.9. The number of nitrogen functional groups attached to an aromatic ring is 1. The smallest absolute Gasteiger partial charge is 0.232 e. The largest absolute Gasteiger partial charge is 0.398 e. The standard InChI is InChI=1S/C18H26N4O2.2ClH/c1-20(2)9-10-21-12-13(11-17(21)23)18(24)22-8-4-5-14-15(19)6-3-7-16(14)22;;/h3,6-7,13H,4-5,8-12,19H2,1-2H3;2*1H. The number of nitrogens with zero attached hydrogens (tertiary/aromatic N) is 3. The second-order valence-electron chi connectivity index (χ2n) is 6.98. The molecule has 0 aromatic heterocycles. The lowest BCUT2D eigenvalue weighted by atomic mass is 9.97. The molecule has 26 heavy (non-hydrogen) atoms. The summed E-state index contributed by atoms with van der Waals surface area (Å²) in [6.45, 7) is 2.73. The number of halogens is 2. The Balaban J connectivity index is 0.00000169. The molecule has 2 N–H and O–H groups in total. The summed E-state index contributed by atoms with van der Waals surface area (Å²) in [6.07, 6.45) is 2.14. The summed E-state index contributed by atoms with van der Waals surface area (Å²) in [7, 11) is 3.97. The fraction of sp³-hybridized carbons (Fsp3) is 0.556. The number of hydrogen-bond donors (Lipinski definition) is 1. The molecule has 1 saturated heterocycles. The van der Waals surface area contributed by atoms with Crippen LogP contribution < -0.4 is 10.6 Å². The van der Waals surface area contributed by atoms with Gasteiger partial charge in [-0.1, -0.05) is 6.07 Å². The summed E-state index contributed by atoms with van der Waals surface area (Å²) in [5.74, 6) is -0.102. The van der Waals surface area contributed by atoms with Crippen LogP contribution in [0.4, 0.5) is 11.4 Å². The molecule has 1 aromatic carbocycles. The number of nitrogens with two attached hydrogens (primary N) is 1. The number of likely N-dealkylation sites (tertiary alicyclic amines) is 1. The van der Waals surface area contributed by atoms with Crippen LogP contribution in [-0.4, -0.2) is 61.9 Å². The van der Waals surface area contributed by atoms with E-state index < -0.39 is 0 Å². The van der Waals surface area contributed by atoms with Crippen LogP contribution >= 0.6 is 24.8 Å². The van der Waals surface area contributed by atoms with Crippen molar-refractivity contribution in [3.63, 3.8) is 0 Å². The molecule has 0 saturated carbocycles. The van der Waals surface area contributed by atoms with Crippen molar-refractivity contribution in [2.24, 2.45) is 5.92 Å². The van der Waals surface area contributed by atoms with Gasteiger partial charge in [0.2, 0.25) is 11.8 Å². The Hall–Kier alpha value is -1.50. The van der Waals surface area contributed by atoms with Gasteiger partial charge in [-0.15, -0.1) is 24.8 Å². The Kier molecular flexibility index (Phi) is 8.18. The van der Waals surface area contributed by atoms with Gasteiger partial charge in [0, 0.05) is 44.0 Å². The van der Waals surface area contributed by atoms with Crippen LogP contribution in [0, 0.1) is 5.92 Å². The fourth-order valence-corrected chi connectivity index (χ4v) is 3.58. The average Bonchev–Trinajstić information content (AvgIpc) is 2.93. The Labute approximate surface area is 167 Å². The first-order chi connectivity index (χ1) is 11.5. The third-order valence-electron chi connectivity index (χ3n) is 4.93. The van der Waals surface area contributed by atoms with E-state index >= 15 is 0 Å². The Morgan fingerprint density at radius 1 is 1.31 bits per heavy atom. The Morgan fingerprint density at radius 2 is 2.04 bits per heavy atom. The molecule has 2 aliphatic heterocycles. The monoisotopic (exact) mass is 402 g/mol. The predicted molar refractivity (Wildman–Crippen MR) is 109 cm³/mol. The van der Waals surface area contributed by atoms with Gasteiger partial charge >= 0.3 is 0 Å². The van der Waals surface area contributed by atoms with Crippen LogP contribution in [0.2, 0.25) is 0 Å². The molecular weight excluding hydrogens is 375 g/mol. The minimum Gasteiger partial charge on any atom is -0.398 e. The van der Waals surface area contributed by atoms with E-state index in [1.165, 1.54) is 0 Å². The number of carbonyl (C=O) groups is 2. The minimum absolute atomic E-state index is 0. The number of benzene rings is 1. The van der Waals surface area contributed by atoms with Gasteiger partial charge in [0.05, 0.1) is 5.92 Å². The van der Waals surface area contributed by atoms with Crippen LogP contribution in [0.15, 0.2) is 18.2 Å². The number of amides is 2. The Bertz CT molecular complexity index is 654. The van der Waals surface area contributed by atoms with Gasteiger partial charge in [-0.25, -0.2) is 0 Å². The first kappa shape index (κ1) is 22.5. The molecule has 0 bridgehead atoms. The van der Waals surface area contributed by atoms with E-state index in [-0.39, 0.29) is 42.5 Å². The van der Waals surface area contributed by atoms with Gasteiger partial charge in [0.25, 0.3) is 0 Å². The van der Waals surface area contributed by atoms with Crippen LogP contribution in [0.3, 0.4) is 0 Å². The number of hydrogen-bond acceptors (Lipinski definition) is 4. The predicted octanol–water partition coefficient (Wildman–Crippen LogP) is 1.80. The highest BCUT2D eigenvalue weighted by atomic mass is 35.5. The quantitative estimate of drug-likeness (QED) is 0.779. The summed E-state index contributed by atoms with van der Waals surface area (Å²) < 4.78 is 0.